The van der Waals surface area contributed by atoms with E-state index in [9.17, 15) is 9.59 Å². The van der Waals surface area contributed by atoms with E-state index in [1.54, 1.807) is 10.8 Å². The van der Waals surface area contributed by atoms with Crippen molar-refractivity contribution >= 4 is 49.4 Å². The fourth-order valence-corrected chi connectivity index (χ4v) is 5.74. The summed E-state index contributed by atoms with van der Waals surface area (Å²) < 4.78 is 2.39. The van der Waals surface area contributed by atoms with Gasteiger partial charge in [0.2, 0.25) is 5.91 Å². The summed E-state index contributed by atoms with van der Waals surface area (Å²) in [6.45, 7) is 4.89. The predicted octanol–water partition coefficient (Wildman–Crippen LogP) is 4.59. The molecule has 30 heavy (non-hydrogen) atoms. The molecule has 0 spiro atoms. The molecule has 0 aromatic carbocycles. The highest BCUT2D eigenvalue weighted by atomic mass is 32.2. The molecule has 0 atom stereocenters. The Morgan fingerprint density at radius 3 is 2.90 bits per heavy atom. The molecule has 0 saturated heterocycles. The Labute approximate surface area is 184 Å². The molecule has 0 aliphatic heterocycles. The molecule has 1 fully saturated rings. The fraction of sp³-hybridized carbons (Fsp3) is 0.545. The lowest BCUT2D eigenvalue weighted by Gasteiger charge is -2.22. The maximum absolute atomic E-state index is 13.3. The van der Waals surface area contributed by atoms with Crippen molar-refractivity contribution < 1.29 is 4.79 Å². The first kappa shape index (κ1) is 21.3. The highest BCUT2D eigenvalue weighted by Gasteiger charge is 2.19. The summed E-state index contributed by atoms with van der Waals surface area (Å²) in [5.41, 5.74) is 0.669. The number of hydrogen-bond donors (Lipinski definition) is 1. The van der Waals surface area contributed by atoms with Gasteiger partial charge in [0.1, 0.15) is 9.53 Å². The van der Waals surface area contributed by atoms with Gasteiger partial charge in [0.25, 0.3) is 5.56 Å². The van der Waals surface area contributed by atoms with Crippen molar-refractivity contribution in [3.8, 4) is 0 Å². The summed E-state index contributed by atoms with van der Waals surface area (Å²) in [5, 5.41) is 4.68. The molecule has 1 aliphatic rings. The number of fused-ring (bicyclic) bond motifs is 3. The summed E-state index contributed by atoms with van der Waals surface area (Å²) in [6.07, 6.45) is 8.38. The molecule has 0 unspecified atom stereocenters. The van der Waals surface area contributed by atoms with E-state index in [2.05, 4.69) is 24.1 Å². The Bertz CT molecular complexity index is 1100. The SMILES string of the molecule is CC(C)CCn1c(SCC(=O)NC2CCCCC2)nc2c(sc3ncccc32)c1=O. The summed E-state index contributed by atoms with van der Waals surface area (Å²) in [5.74, 6) is 0.772. The van der Waals surface area contributed by atoms with Crippen molar-refractivity contribution in [2.75, 3.05) is 5.75 Å². The molecule has 1 saturated carbocycles. The van der Waals surface area contributed by atoms with E-state index >= 15 is 0 Å². The Kier molecular flexibility index (Phi) is 6.73. The molecule has 3 heterocycles. The van der Waals surface area contributed by atoms with E-state index in [4.69, 9.17) is 4.98 Å². The van der Waals surface area contributed by atoms with Gasteiger partial charge in [-0.15, -0.1) is 11.3 Å². The van der Waals surface area contributed by atoms with Crippen molar-refractivity contribution in [2.45, 2.75) is 70.1 Å². The fourth-order valence-electron chi connectivity index (χ4n) is 3.88. The number of thioether (sulfide) groups is 1. The number of carbonyl (C=O) groups excluding carboxylic acids is 1. The van der Waals surface area contributed by atoms with Gasteiger partial charge in [-0.3, -0.25) is 14.2 Å². The molecule has 1 aliphatic carbocycles. The number of rotatable bonds is 7. The first-order valence-corrected chi connectivity index (χ1v) is 12.5. The van der Waals surface area contributed by atoms with E-state index in [1.807, 2.05) is 12.1 Å². The lowest BCUT2D eigenvalue weighted by molar-refractivity contribution is -0.119. The van der Waals surface area contributed by atoms with Crippen LogP contribution in [-0.4, -0.2) is 32.2 Å². The van der Waals surface area contributed by atoms with Gasteiger partial charge in [0.15, 0.2) is 5.16 Å². The average molecular weight is 445 g/mol. The summed E-state index contributed by atoms with van der Waals surface area (Å²) in [7, 11) is 0. The molecule has 0 bridgehead atoms. The Morgan fingerprint density at radius 2 is 2.13 bits per heavy atom. The first-order chi connectivity index (χ1) is 14.5. The van der Waals surface area contributed by atoms with Gasteiger partial charge in [-0.2, -0.15) is 0 Å². The van der Waals surface area contributed by atoms with E-state index in [0.717, 1.165) is 29.5 Å². The summed E-state index contributed by atoms with van der Waals surface area (Å²) in [4.78, 5) is 35.9. The zero-order chi connectivity index (χ0) is 21.1. The van der Waals surface area contributed by atoms with Crippen LogP contribution in [0.2, 0.25) is 0 Å². The summed E-state index contributed by atoms with van der Waals surface area (Å²) in [6, 6.07) is 4.11. The van der Waals surface area contributed by atoms with Crippen molar-refractivity contribution in [3.05, 3.63) is 28.7 Å². The van der Waals surface area contributed by atoms with Gasteiger partial charge in [-0.05, 0) is 37.3 Å². The van der Waals surface area contributed by atoms with Crippen LogP contribution < -0.4 is 10.9 Å². The topological polar surface area (TPSA) is 76.9 Å². The average Bonchev–Trinajstić information content (AvgIpc) is 3.11. The second kappa shape index (κ2) is 9.47. The van der Waals surface area contributed by atoms with Crippen LogP contribution in [0.15, 0.2) is 28.3 Å². The van der Waals surface area contributed by atoms with Crippen LogP contribution in [0.3, 0.4) is 0 Å². The second-order valence-corrected chi connectivity index (χ2v) is 10.3. The maximum Gasteiger partial charge on any atom is 0.272 e. The van der Waals surface area contributed by atoms with Crippen LogP contribution in [0.25, 0.3) is 20.4 Å². The first-order valence-electron chi connectivity index (χ1n) is 10.7. The molecule has 1 amide bonds. The van der Waals surface area contributed by atoms with Gasteiger partial charge in [0.05, 0.1) is 11.3 Å². The Hall–Kier alpha value is -1.93. The molecule has 1 N–H and O–H groups in total. The molecule has 4 rings (SSSR count). The third-order valence-electron chi connectivity index (χ3n) is 5.55. The number of aromatic nitrogens is 3. The highest BCUT2D eigenvalue weighted by Crippen LogP contribution is 2.30. The van der Waals surface area contributed by atoms with Crippen LogP contribution in [0, 0.1) is 5.92 Å². The van der Waals surface area contributed by atoms with Crippen molar-refractivity contribution in [3.63, 3.8) is 0 Å². The predicted molar refractivity (Wildman–Crippen MR) is 124 cm³/mol. The number of nitrogens with one attached hydrogen (secondary N) is 1. The lowest BCUT2D eigenvalue weighted by Crippen LogP contribution is -2.37. The number of hydrogen-bond acceptors (Lipinski definition) is 6. The van der Waals surface area contributed by atoms with Crippen LogP contribution >= 0.6 is 23.1 Å². The minimum absolute atomic E-state index is 0.0218. The Morgan fingerprint density at radius 1 is 1.33 bits per heavy atom. The van der Waals surface area contributed by atoms with Crippen molar-refractivity contribution in [1.29, 1.82) is 0 Å². The smallest absolute Gasteiger partial charge is 0.272 e. The normalized spacial score (nSPS) is 15.3. The third kappa shape index (κ3) is 4.70. The van der Waals surface area contributed by atoms with Crippen LogP contribution in [0.5, 0.6) is 0 Å². The number of amides is 1. The van der Waals surface area contributed by atoms with Gasteiger partial charge in [-0.25, -0.2) is 9.97 Å². The van der Waals surface area contributed by atoms with E-state index in [1.165, 1.54) is 42.4 Å². The molecular formula is C22H28N4O2S2. The van der Waals surface area contributed by atoms with Crippen molar-refractivity contribution in [2.24, 2.45) is 5.92 Å². The molecular weight excluding hydrogens is 416 g/mol. The zero-order valence-electron chi connectivity index (χ0n) is 17.5. The van der Waals surface area contributed by atoms with Gasteiger partial charge >= 0.3 is 0 Å². The van der Waals surface area contributed by atoms with E-state index in [-0.39, 0.29) is 23.3 Å². The van der Waals surface area contributed by atoms with Gasteiger partial charge in [-0.1, -0.05) is 44.9 Å². The van der Waals surface area contributed by atoms with Gasteiger partial charge < -0.3 is 5.32 Å². The number of nitrogens with zero attached hydrogens (tertiary/aromatic N) is 3. The standard InChI is InChI=1S/C22H28N4O2S2/c1-14(2)10-12-26-21(28)19-18(16-9-6-11-23-20(16)30-19)25-22(26)29-13-17(27)24-15-7-4-3-5-8-15/h6,9,11,14-15H,3-5,7-8,10,12-13H2,1-2H3,(H,24,27). The van der Waals surface area contributed by atoms with Gasteiger partial charge in [0, 0.05) is 24.2 Å². The lowest BCUT2D eigenvalue weighted by atomic mass is 9.95. The zero-order valence-corrected chi connectivity index (χ0v) is 19.2. The molecule has 160 valence electrons. The number of pyridine rings is 1. The minimum Gasteiger partial charge on any atom is -0.353 e. The molecule has 3 aromatic rings. The van der Waals surface area contributed by atoms with Crippen molar-refractivity contribution in [1.82, 2.24) is 19.9 Å². The highest BCUT2D eigenvalue weighted by molar-refractivity contribution is 7.99. The maximum atomic E-state index is 13.3. The van der Waals surface area contributed by atoms with E-state index < -0.39 is 0 Å². The van der Waals surface area contributed by atoms with Crippen LogP contribution in [0.4, 0.5) is 0 Å². The van der Waals surface area contributed by atoms with Crippen LogP contribution in [-0.2, 0) is 11.3 Å². The monoisotopic (exact) mass is 444 g/mol. The largest absolute Gasteiger partial charge is 0.353 e. The molecule has 8 heteroatoms. The molecule has 6 nitrogen and oxygen atoms in total. The number of carbonyl (C=O) groups is 1. The minimum atomic E-state index is -0.0289. The number of thiophene rings is 1. The summed E-state index contributed by atoms with van der Waals surface area (Å²) >= 11 is 2.76. The van der Waals surface area contributed by atoms with Crippen LogP contribution in [0.1, 0.15) is 52.4 Å². The molecule has 3 aromatic heterocycles. The quantitative estimate of drug-likeness (QED) is 0.426. The molecule has 0 radical (unpaired) electrons. The third-order valence-corrected chi connectivity index (χ3v) is 7.62. The van der Waals surface area contributed by atoms with E-state index in [0.29, 0.717) is 27.8 Å². The Balaban J connectivity index is 1.62. The second-order valence-electron chi connectivity index (χ2n) is 8.36.